The van der Waals surface area contributed by atoms with Crippen molar-refractivity contribution in [2.24, 2.45) is 0 Å². The Kier molecular flexibility index (Phi) is 7.63. The van der Waals surface area contributed by atoms with Crippen molar-refractivity contribution in [2.45, 2.75) is 38.5 Å². The maximum atomic E-state index is 14.6. The van der Waals surface area contributed by atoms with E-state index < -0.39 is 17.2 Å². The fourth-order valence-electron chi connectivity index (χ4n) is 3.75. The summed E-state index contributed by atoms with van der Waals surface area (Å²) in [7, 11) is 0. The molecule has 2 aromatic rings. The highest BCUT2D eigenvalue weighted by molar-refractivity contribution is 6.01. The van der Waals surface area contributed by atoms with Crippen LogP contribution in [0.5, 0.6) is 5.75 Å². The highest BCUT2D eigenvalue weighted by Crippen LogP contribution is 2.38. The lowest BCUT2D eigenvalue weighted by Crippen LogP contribution is -2.45. The Hall–Kier alpha value is -2.93. The molecule has 0 atom stereocenters. The van der Waals surface area contributed by atoms with E-state index in [1.165, 1.54) is 12.1 Å². The van der Waals surface area contributed by atoms with Crippen molar-refractivity contribution in [3.05, 3.63) is 59.4 Å². The molecule has 0 aliphatic carbocycles. The van der Waals surface area contributed by atoms with E-state index in [1.54, 1.807) is 37.3 Å². The number of halogens is 1. The molecule has 2 aromatic carbocycles. The Morgan fingerprint density at radius 3 is 2.55 bits per heavy atom. The van der Waals surface area contributed by atoms with Gasteiger partial charge in [-0.15, -0.1) is 0 Å². The largest absolute Gasteiger partial charge is 0.493 e. The number of carbonyl (C=O) groups excluding carboxylic acids is 2. The summed E-state index contributed by atoms with van der Waals surface area (Å²) in [5.74, 6) is -0.888. The van der Waals surface area contributed by atoms with Gasteiger partial charge in [-0.25, -0.2) is 9.18 Å². The monoisotopic (exact) mass is 429 g/mol. The molecule has 1 N–H and O–H groups in total. The third-order valence-corrected chi connectivity index (χ3v) is 5.36. The molecule has 7 heteroatoms. The van der Waals surface area contributed by atoms with Gasteiger partial charge in [0.15, 0.2) is 0 Å². The second kappa shape index (κ2) is 10.4. The van der Waals surface area contributed by atoms with Crippen LogP contribution in [-0.4, -0.2) is 38.3 Å². The van der Waals surface area contributed by atoms with Gasteiger partial charge in [0.05, 0.1) is 18.6 Å². The summed E-state index contributed by atoms with van der Waals surface area (Å²) in [6.07, 6.45) is 1.51. The molecule has 0 aromatic heterocycles. The van der Waals surface area contributed by atoms with E-state index in [9.17, 15) is 14.0 Å². The molecule has 1 saturated heterocycles. The summed E-state index contributed by atoms with van der Waals surface area (Å²) in [5, 5.41) is 2.87. The van der Waals surface area contributed by atoms with Crippen LogP contribution in [0.2, 0.25) is 0 Å². The predicted octanol–water partition coefficient (Wildman–Crippen LogP) is 4.48. The molecular formula is C24H28FNO5. The maximum Gasteiger partial charge on any atom is 0.341 e. The van der Waals surface area contributed by atoms with Crippen molar-refractivity contribution < 1.29 is 28.2 Å². The molecule has 1 amide bonds. The van der Waals surface area contributed by atoms with Crippen molar-refractivity contribution >= 4 is 17.6 Å². The summed E-state index contributed by atoms with van der Waals surface area (Å²) >= 11 is 0. The summed E-state index contributed by atoms with van der Waals surface area (Å²) < 4.78 is 30.9. The number of amides is 1. The smallest absolute Gasteiger partial charge is 0.341 e. The molecule has 0 unspecified atom stereocenters. The van der Waals surface area contributed by atoms with Crippen molar-refractivity contribution in [1.29, 1.82) is 0 Å². The van der Waals surface area contributed by atoms with Crippen LogP contribution in [0.3, 0.4) is 0 Å². The van der Waals surface area contributed by atoms with Crippen LogP contribution in [0.1, 0.15) is 49.0 Å². The fourth-order valence-corrected chi connectivity index (χ4v) is 3.75. The number of carbonyl (C=O) groups is 2. The van der Waals surface area contributed by atoms with Crippen molar-refractivity contribution in [2.75, 3.05) is 31.7 Å². The Balaban J connectivity index is 1.92. The minimum absolute atomic E-state index is 0.221. The Bertz CT molecular complexity index is 924. The number of rotatable bonds is 8. The summed E-state index contributed by atoms with van der Waals surface area (Å²) in [4.78, 5) is 25.8. The molecule has 0 spiro atoms. The van der Waals surface area contributed by atoms with E-state index in [0.29, 0.717) is 49.7 Å². The number of esters is 1. The van der Waals surface area contributed by atoms with Crippen molar-refractivity contribution in [3.63, 3.8) is 0 Å². The minimum Gasteiger partial charge on any atom is -0.493 e. The van der Waals surface area contributed by atoms with E-state index in [0.717, 1.165) is 6.42 Å². The first kappa shape index (κ1) is 22.7. The summed E-state index contributed by atoms with van der Waals surface area (Å²) in [5.41, 5.74) is -0.0473. The van der Waals surface area contributed by atoms with Crippen LogP contribution in [0.25, 0.3) is 0 Å². The van der Waals surface area contributed by atoms with Crippen molar-refractivity contribution in [1.82, 2.24) is 0 Å². The third-order valence-electron chi connectivity index (χ3n) is 5.36. The van der Waals surface area contributed by atoms with Crippen LogP contribution in [0.15, 0.2) is 42.5 Å². The quantitative estimate of drug-likeness (QED) is 0.627. The van der Waals surface area contributed by atoms with Crippen molar-refractivity contribution in [3.8, 4) is 5.75 Å². The van der Waals surface area contributed by atoms with Gasteiger partial charge in [-0.1, -0.05) is 25.1 Å². The second-order valence-electron chi connectivity index (χ2n) is 7.41. The molecule has 1 aliphatic heterocycles. The van der Waals surface area contributed by atoms with Gasteiger partial charge in [0.1, 0.15) is 17.1 Å². The topological polar surface area (TPSA) is 73.9 Å². The van der Waals surface area contributed by atoms with Gasteiger partial charge in [0.2, 0.25) is 5.91 Å². The molecule has 0 bridgehead atoms. The van der Waals surface area contributed by atoms with E-state index in [1.807, 2.05) is 6.92 Å². The van der Waals surface area contributed by atoms with E-state index >= 15 is 0 Å². The van der Waals surface area contributed by atoms with Gasteiger partial charge >= 0.3 is 5.97 Å². The van der Waals surface area contributed by atoms with Gasteiger partial charge in [-0.3, -0.25) is 4.79 Å². The Labute approximate surface area is 181 Å². The van der Waals surface area contributed by atoms with E-state index in [2.05, 4.69) is 5.32 Å². The normalized spacial score (nSPS) is 15.2. The zero-order valence-corrected chi connectivity index (χ0v) is 17.9. The second-order valence-corrected chi connectivity index (χ2v) is 7.41. The summed E-state index contributed by atoms with van der Waals surface area (Å²) in [6, 6.07) is 11.2. The number of nitrogens with one attached hydrogen (secondary N) is 1. The number of hydrogen-bond donors (Lipinski definition) is 1. The Morgan fingerprint density at radius 1 is 1.13 bits per heavy atom. The fraction of sp³-hybridized carbons (Fsp3) is 0.417. The number of anilines is 1. The number of ether oxygens (including phenoxy) is 3. The summed E-state index contributed by atoms with van der Waals surface area (Å²) in [6.45, 7) is 5.08. The van der Waals surface area contributed by atoms with Gasteiger partial charge in [0.25, 0.3) is 0 Å². The first-order valence-corrected chi connectivity index (χ1v) is 10.6. The highest BCUT2D eigenvalue weighted by Gasteiger charge is 2.43. The maximum absolute atomic E-state index is 14.6. The standard InChI is InChI=1S/C24H28FNO5/c1-3-13-31-21-10-9-17(16-18(21)22(27)30-4-2)26-23(28)24(11-14-29-15-12-24)19-7-5-6-8-20(19)25/h5-10,16H,3-4,11-15H2,1-2H3,(H,26,28). The molecule has 1 fully saturated rings. The molecule has 1 heterocycles. The molecule has 166 valence electrons. The van der Waals surface area contributed by atoms with E-state index in [-0.39, 0.29) is 18.1 Å². The predicted molar refractivity (Wildman–Crippen MR) is 115 cm³/mol. The van der Waals surface area contributed by atoms with E-state index in [4.69, 9.17) is 14.2 Å². The van der Waals surface area contributed by atoms with Crippen LogP contribution >= 0.6 is 0 Å². The van der Waals surface area contributed by atoms with Crippen LogP contribution < -0.4 is 10.1 Å². The SMILES string of the molecule is CCCOc1ccc(NC(=O)C2(c3ccccc3F)CCOCC2)cc1C(=O)OCC. The van der Waals surface area contributed by atoms with Crippen LogP contribution in [-0.2, 0) is 19.7 Å². The molecule has 31 heavy (non-hydrogen) atoms. The average Bonchev–Trinajstić information content (AvgIpc) is 2.79. The lowest BCUT2D eigenvalue weighted by atomic mass is 9.73. The molecule has 0 radical (unpaired) electrons. The molecule has 3 rings (SSSR count). The third kappa shape index (κ3) is 5.05. The van der Waals surface area contributed by atoms with Crippen LogP contribution in [0, 0.1) is 5.82 Å². The number of benzene rings is 2. The van der Waals surface area contributed by atoms with Crippen LogP contribution in [0.4, 0.5) is 10.1 Å². The van der Waals surface area contributed by atoms with Gasteiger partial charge in [-0.2, -0.15) is 0 Å². The lowest BCUT2D eigenvalue weighted by Gasteiger charge is -2.36. The average molecular weight is 429 g/mol. The van der Waals surface area contributed by atoms with Gasteiger partial charge in [0, 0.05) is 24.5 Å². The van der Waals surface area contributed by atoms with Gasteiger partial charge < -0.3 is 19.5 Å². The zero-order valence-electron chi connectivity index (χ0n) is 17.9. The first-order chi connectivity index (χ1) is 15.0. The number of hydrogen-bond acceptors (Lipinski definition) is 5. The molecular weight excluding hydrogens is 401 g/mol. The minimum atomic E-state index is -1.05. The van der Waals surface area contributed by atoms with Gasteiger partial charge in [-0.05, 0) is 50.5 Å². The lowest BCUT2D eigenvalue weighted by molar-refractivity contribution is -0.125. The molecule has 0 saturated carbocycles. The molecule has 6 nitrogen and oxygen atoms in total. The first-order valence-electron chi connectivity index (χ1n) is 10.6. The molecule has 1 aliphatic rings. The highest BCUT2D eigenvalue weighted by atomic mass is 19.1. The zero-order chi connectivity index (χ0) is 22.3. The Morgan fingerprint density at radius 2 is 1.87 bits per heavy atom.